The molecule has 0 aromatic heterocycles. The van der Waals surface area contributed by atoms with E-state index in [0.717, 1.165) is 47.2 Å². The van der Waals surface area contributed by atoms with Crippen LogP contribution in [0.5, 0.6) is 5.75 Å². The summed E-state index contributed by atoms with van der Waals surface area (Å²) in [6, 6.07) is 20.8. The van der Waals surface area contributed by atoms with Gasteiger partial charge in [0, 0.05) is 57.2 Å². The summed E-state index contributed by atoms with van der Waals surface area (Å²) in [7, 11) is -0.101. The number of ether oxygens (including phenoxy) is 1. The van der Waals surface area contributed by atoms with E-state index in [4.69, 9.17) is 4.74 Å². The summed E-state index contributed by atoms with van der Waals surface area (Å²) in [5.74, 6) is 0.824. The molecule has 1 atom stereocenters. The maximum Gasteiger partial charge on any atom is 0.249 e. The number of fused-ring (bicyclic) bond motifs is 1. The van der Waals surface area contributed by atoms with Crippen LogP contribution in [0.4, 0.5) is 22.7 Å². The number of nitrogens with one attached hydrogen (secondary N) is 1. The Bertz CT molecular complexity index is 1480. The van der Waals surface area contributed by atoms with E-state index < -0.39 is 10.0 Å². The van der Waals surface area contributed by atoms with Gasteiger partial charge in [0.25, 0.3) is 0 Å². The van der Waals surface area contributed by atoms with Crippen LogP contribution >= 0.6 is 0 Å². The number of hydrogen-bond donors (Lipinski definition) is 1. The Balaban J connectivity index is 1.34. The summed E-state index contributed by atoms with van der Waals surface area (Å²) in [5, 5.41) is 3.41. The standard InChI is InChI=1S/C31H39N5O4S/c1-22(2)34-16-18-35(19-17-34)41(38,39)28-13-8-25(9-14-28)32-26-10-15-29-30(20-26)36(23(3)31(37)33(29)4)21-24-6-11-27(40-5)12-7-24/h6-15,20,22-23,32H,16-19,21H2,1-5H3. The fourth-order valence-corrected chi connectivity index (χ4v) is 6.91. The summed E-state index contributed by atoms with van der Waals surface area (Å²) in [6.45, 7) is 9.24. The van der Waals surface area contributed by atoms with E-state index in [1.165, 1.54) is 0 Å². The molecule has 0 spiro atoms. The molecule has 0 saturated carbocycles. The number of benzene rings is 3. The van der Waals surface area contributed by atoms with E-state index >= 15 is 0 Å². The number of likely N-dealkylation sites (N-methyl/N-ethyl adjacent to an activating group) is 1. The van der Waals surface area contributed by atoms with Gasteiger partial charge in [0.1, 0.15) is 11.8 Å². The number of nitrogens with zero attached hydrogens (tertiary/aromatic N) is 4. The molecule has 5 rings (SSSR count). The van der Waals surface area contributed by atoms with Crippen LogP contribution in [0.1, 0.15) is 26.3 Å². The maximum absolute atomic E-state index is 13.2. The second-order valence-electron chi connectivity index (χ2n) is 10.9. The lowest BCUT2D eigenvalue weighted by molar-refractivity contribution is -0.119. The average molecular weight is 578 g/mol. The van der Waals surface area contributed by atoms with Crippen molar-refractivity contribution >= 4 is 38.7 Å². The third-order valence-electron chi connectivity index (χ3n) is 8.10. The molecule has 10 heteroatoms. The molecule has 9 nitrogen and oxygen atoms in total. The topological polar surface area (TPSA) is 85.4 Å². The van der Waals surface area contributed by atoms with E-state index in [1.54, 1.807) is 47.6 Å². The van der Waals surface area contributed by atoms with Crippen molar-refractivity contribution in [2.45, 2.75) is 44.3 Å². The first-order valence-electron chi connectivity index (χ1n) is 14.0. The van der Waals surface area contributed by atoms with Crippen LogP contribution in [0.2, 0.25) is 0 Å². The van der Waals surface area contributed by atoms with Gasteiger partial charge in [-0.15, -0.1) is 0 Å². The minimum Gasteiger partial charge on any atom is -0.497 e. The molecule has 0 bridgehead atoms. The minimum absolute atomic E-state index is 0.0362. The second kappa shape index (κ2) is 11.7. The van der Waals surface area contributed by atoms with Crippen molar-refractivity contribution in [3.63, 3.8) is 0 Å². The maximum atomic E-state index is 13.2. The monoisotopic (exact) mass is 577 g/mol. The largest absolute Gasteiger partial charge is 0.497 e. The number of rotatable bonds is 8. The Hall–Kier alpha value is -3.60. The van der Waals surface area contributed by atoms with Crippen LogP contribution in [-0.2, 0) is 21.4 Å². The molecule has 2 aliphatic rings. The highest BCUT2D eigenvalue weighted by Gasteiger charge is 2.34. The van der Waals surface area contributed by atoms with Gasteiger partial charge < -0.3 is 19.9 Å². The molecular weight excluding hydrogens is 538 g/mol. The fourth-order valence-electron chi connectivity index (χ4n) is 5.49. The van der Waals surface area contributed by atoms with E-state index in [0.29, 0.717) is 30.6 Å². The van der Waals surface area contributed by atoms with Crippen molar-refractivity contribution in [2.24, 2.45) is 0 Å². The molecule has 1 unspecified atom stereocenters. The SMILES string of the molecule is COc1ccc(CN2c3cc(Nc4ccc(S(=O)(=O)N5CCN(C(C)C)CC5)cc4)ccc3N(C)C(=O)C2C)cc1. The lowest BCUT2D eigenvalue weighted by Gasteiger charge is -2.40. The summed E-state index contributed by atoms with van der Waals surface area (Å²) in [5.41, 5.74) is 4.48. The van der Waals surface area contributed by atoms with Gasteiger partial charge in [-0.2, -0.15) is 4.31 Å². The minimum atomic E-state index is -3.54. The molecule has 1 amide bonds. The first-order chi connectivity index (χ1) is 19.6. The number of carbonyl (C=O) groups excluding carboxylic acids is 1. The van der Waals surface area contributed by atoms with Crippen molar-refractivity contribution in [2.75, 3.05) is 55.5 Å². The van der Waals surface area contributed by atoms with E-state index in [2.05, 4.69) is 29.0 Å². The number of sulfonamides is 1. The lowest BCUT2D eigenvalue weighted by atomic mass is 10.0. The van der Waals surface area contributed by atoms with Crippen molar-refractivity contribution < 1.29 is 17.9 Å². The zero-order chi connectivity index (χ0) is 29.3. The van der Waals surface area contributed by atoms with Crippen LogP contribution in [-0.4, -0.2) is 76.0 Å². The highest BCUT2D eigenvalue weighted by molar-refractivity contribution is 7.89. The molecule has 0 radical (unpaired) electrons. The van der Waals surface area contributed by atoms with Crippen LogP contribution in [0.15, 0.2) is 71.6 Å². The Morgan fingerprint density at radius 1 is 0.902 bits per heavy atom. The fraction of sp³-hybridized carbons (Fsp3) is 0.387. The molecule has 3 aromatic carbocycles. The van der Waals surface area contributed by atoms with Gasteiger partial charge in [-0.3, -0.25) is 9.69 Å². The van der Waals surface area contributed by atoms with Gasteiger partial charge in [-0.05, 0) is 80.9 Å². The van der Waals surface area contributed by atoms with Crippen molar-refractivity contribution in [3.05, 3.63) is 72.3 Å². The number of carbonyl (C=O) groups is 1. The number of piperazine rings is 1. The Morgan fingerprint density at radius 3 is 2.15 bits per heavy atom. The van der Waals surface area contributed by atoms with Crippen molar-refractivity contribution in [1.29, 1.82) is 0 Å². The summed E-state index contributed by atoms with van der Waals surface area (Å²) >= 11 is 0. The van der Waals surface area contributed by atoms with Crippen LogP contribution in [0, 0.1) is 0 Å². The molecule has 2 aliphatic heterocycles. The quantitative estimate of drug-likeness (QED) is 0.421. The smallest absolute Gasteiger partial charge is 0.249 e. The molecule has 0 aliphatic carbocycles. The molecule has 1 fully saturated rings. The van der Waals surface area contributed by atoms with Crippen molar-refractivity contribution in [3.8, 4) is 5.75 Å². The van der Waals surface area contributed by atoms with Gasteiger partial charge in [-0.25, -0.2) is 8.42 Å². The molecular formula is C31H39N5O4S. The van der Waals surface area contributed by atoms with Gasteiger partial charge in [-0.1, -0.05) is 12.1 Å². The summed E-state index contributed by atoms with van der Waals surface area (Å²) < 4.78 is 33.4. The normalized spacial score (nSPS) is 18.5. The third-order valence-corrected chi connectivity index (χ3v) is 10.0. The third kappa shape index (κ3) is 5.91. The van der Waals surface area contributed by atoms with Crippen LogP contribution < -0.4 is 19.9 Å². The van der Waals surface area contributed by atoms with Gasteiger partial charge >= 0.3 is 0 Å². The Labute approximate surface area is 243 Å². The second-order valence-corrected chi connectivity index (χ2v) is 12.9. The Morgan fingerprint density at radius 2 is 1.54 bits per heavy atom. The molecule has 1 N–H and O–H groups in total. The first kappa shape index (κ1) is 28.9. The summed E-state index contributed by atoms with van der Waals surface area (Å²) in [4.78, 5) is 19.4. The van der Waals surface area contributed by atoms with Crippen LogP contribution in [0.3, 0.4) is 0 Å². The number of anilines is 4. The van der Waals surface area contributed by atoms with Gasteiger partial charge in [0.05, 0.1) is 23.4 Å². The van der Waals surface area contributed by atoms with Crippen LogP contribution in [0.25, 0.3) is 0 Å². The Kier molecular flexibility index (Phi) is 8.26. The predicted octanol–water partition coefficient (Wildman–Crippen LogP) is 4.53. The highest BCUT2D eigenvalue weighted by Crippen LogP contribution is 2.39. The zero-order valence-corrected chi connectivity index (χ0v) is 25.2. The average Bonchev–Trinajstić information content (AvgIpc) is 2.99. The first-order valence-corrected chi connectivity index (χ1v) is 15.4. The van der Waals surface area contributed by atoms with Gasteiger partial charge in [0.15, 0.2) is 0 Å². The number of hydrogen-bond acceptors (Lipinski definition) is 7. The highest BCUT2D eigenvalue weighted by atomic mass is 32.2. The van der Waals surface area contributed by atoms with Crippen molar-refractivity contribution in [1.82, 2.24) is 9.21 Å². The van der Waals surface area contributed by atoms with E-state index in [-0.39, 0.29) is 11.9 Å². The molecule has 1 saturated heterocycles. The predicted molar refractivity (Wildman–Crippen MR) is 164 cm³/mol. The van der Waals surface area contributed by atoms with E-state index in [1.807, 2.05) is 49.4 Å². The summed E-state index contributed by atoms with van der Waals surface area (Å²) in [6.07, 6.45) is 0. The lowest BCUT2D eigenvalue weighted by Crippen LogP contribution is -2.50. The molecule has 2 heterocycles. The molecule has 41 heavy (non-hydrogen) atoms. The number of amides is 1. The van der Waals surface area contributed by atoms with Gasteiger partial charge in [0.2, 0.25) is 15.9 Å². The van der Waals surface area contributed by atoms with E-state index in [9.17, 15) is 13.2 Å². The molecule has 218 valence electrons. The molecule has 3 aromatic rings. The number of methoxy groups -OCH3 is 1. The zero-order valence-electron chi connectivity index (χ0n) is 24.4.